The molecule has 0 radical (unpaired) electrons. The Morgan fingerprint density at radius 1 is 1.60 bits per heavy atom. The molecule has 2 atom stereocenters. The topological polar surface area (TPSA) is 21.3 Å². The van der Waals surface area contributed by atoms with Crippen molar-refractivity contribution in [2.75, 3.05) is 14.2 Å². The maximum Gasteiger partial charge on any atom is 0.0762 e. The minimum absolute atomic E-state index is 0.370. The van der Waals surface area contributed by atoms with Crippen molar-refractivity contribution in [3.05, 3.63) is 12.2 Å². The standard InChI is InChI=1S/C8H15NO/c1-9-7-5-3-4-6-8(7)10-2/h3,5,7-9H,4,6H2,1-2H3. The van der Waals surface area contributed by atoms with Crippen molar-refractivity contribution in [1.82, 2.24) is 5.32 Å². The van der Waals surface area contributed by atoms with Crippen LogP contribution in [0.15, 0.2) is 12.2 Å². The van der Waals surface area contributed by atoms with Gasteiger partial charge < -0.3 is 10.1 Å². The van der Waals surface area contributed by atoms with Crippen LogP contribution in [0.1, 0.15) is 12.8 Å². The largest absolute Gasteiger partial charge is 0.379 e. The molecule has 0 aliphatic heterocycles. The second-order valence-electron chi connectivity index (χ2n) is 2.59. The zero-order valence-corrected chi connectivity index (χ0v) is 6.63. The Kier molecular flexibility index (Phi) is 2.90. The van der Waals surface area contributed by atoms with Crippen LogP contribution < -0.4 is 5.32 Å². The third kappa shape index (κ3) is 1.58. The molecule has 1 aliphatic carbocycles. The van der Waals surface area contributed by atoms with Gasteiger partial charge in [-0.2, -0.15) is 0 Å². The highest BCUT2D eigenvalue weighted by atomic mass is 16.5. The summed E-state index contributed by atoms with van der Waals surface area (Å²) in [6.45, 7) is 0. The number of nitrogens with one attached hydrogen (secondary N) is 1. The summed E-state index contributed by atoms with van der Waals surface area (Å²) >= 11 is 0. The average molecular weight is 141 g/mol. The van der Waals surface area contributed by atoms with Crippen molar-refractivity contribution in [3.8, 4) is 0 Å². The van der Waals surface area contributed by atoms with Crippen molar-refractivity contribution in [3.63, 3.8) is 0 Å². The fraction of sp³-hybridized carbons (Fsp3) is 0.750. The fourth-order valence-corrected chi connectivity index (χ4v) is 1.35. The minimum atomic E-state index is 0.370. The van der Waals surface area contributed by atoms with E-state index >= 15 is 0 Å². The van der Waals surface area contributed by atoms with Crippen LogP contribution in [0.4, 0.5) is 0 Å². The molecule has 0 saturated heterocycles. The van der Waals surface area contributed by atoms with Crippen molar-refractivity contribution >= 4 is 0 Å². The van der Waals surface area contributed by atoms with Crippen LogP contribution >= 0.6 is 0 Å². The lowest BCUT2D eigenvalue weighted by Crippen LogP contribution is -2.38. The summed E-state index contributed by atoms with van der Waals surface area (Å²) in [6, 6.07) is 0.416. The van der Waals surface area contributed by atoms with Gasteiger partial charge in [-0.1, -0.05) is 12.2 Å². The van der Waals surface area contributed by atoms with E-state index in [0.29, 0.717) is 12.1 Å². The number of likely N-dealkylation sites (N-methyl/N-ethyl adjacent to an activating group) is 1. The van der Waals surface area contributed by atoms with E-state index < -0.39 is 0 Å². The predicted molar refractivity (Wildman–Crippen MR) is 42.0 cm³/mol. The maximum atomic E-state index is 5.28. The lowest BCUT2D eigenvalue weighted by atomic mass is 10.00. The second-order valence-corrected chi connectivity index (χ2v) is 2.59. The first-order valence-corrected chi connectivity index (χ1v) is 3.75. The smallest absolute Gasteiger partial charge is 0.0762 e. The van der Waals surface area contributed by atoms with Crippen molar-refractivity contribution in [2.24, 2.45) is 0 Å². The van der Waals surface area contributed by atoms with E-state index in [2.05, 4.69) is 17.5 Å². The van der Waals surface area contributed by atoms with E-state index in [4.69, 9.17) is 4.74 Å². The van der Waals surface area contributed by atoms with Crippen LogP contribution in [-0.4, -0.2) is 26.3 Å². The fourth-order valence-electron chi connectivity index (χ4n) is 1.35. The summed E-state index contributed by atoms with van der Waals surface area (Å²) in [5, 5.41) is 3.19. The molecule has 58 valence electrons. The molecule has 1 N–H and O–H groups in total. The molecule has 2 nitrogen and oxygen atoms in total. The molecule has 0 aromatic heterocycles. The van der Waals surface area contributed by atoms with Gasteiger partial charge in [0, 0.05) is 7.11 Å². The van der Waals surface area contributed by atoms with Crippen LogP contribution in [0.25, 0.3) is 0 Å². The van der Waals surface area contributed by atoms with Gasteiger partial charge in [0.25, 0.3) is 0 Å². The highest BCUT2D eigenvalue weighted by molar-refractivity contribution is 5.01. The number of methoxy groups -OCH3 is 1. The Balaban J connectivity index is 2.47. The van der Waals surface area contributed by atoms with Crippen LogP contribution in [0, 0.1) is 0 Å². The van der Waals surface area contributed by atoms with E-state index in [9.17, 15) is 0 Å². The molecule has 0 saturated carbocycles. The Hall–Kier alpha value is -0.340. The zero-order valence-electron chi connectivity index (χ0n) is 6.63. The van der Waals surface area contributed by atoms with Crippen molar-refractivity contribution in [1.29, 1.82) is 0 Å². The molecule has 0 bridgehead atoms. The number of allylic oxidation sites excluding steroid dienone is 1. The molecule has 2 unspecified atom stereocenters. The van der Waals surface area contributed by atoms with Gasteiger partial charge in [-0.15, -0.1) is 0 Å². The van der Waals surface area contributed by atoms with E-state index in [1.807, 2.05) is 7.05 Å². The molecular weight excluding hydrogens is 126 g/mol. The Morgan fingerprint density at radius 2 is 2.40 bits per heavy atom. The molecule has 0 amide bonds. The molecule has 0 heterocycles. The summed E-state index contributed by atoms with van der Waals surface area (Å²) in [5.41, 5.74) is 0. The van der Waals surface area contributed by atoms with E-state index in [1.165, 1.54) is 0 Å². The Morgan fingerprint density at radius 3 is 2.90 bits per heavy atom. The predicted octanol–water partition coefficient (Wildman–Crippen LogP) is 0.939. The SMILES string of the molecule is CNC1C=CCCC1OC. The second kappa shape index (κ2) is 3.74. The van der Waals surface area contributed by atoms with Gasteiger partial charge in [-0.05, 0) is 19.9 Å². The zero-order chi connectivity index (χ0) is 7.40. The first-order chi connectivity index (χ1) is 4.88. The van der Waals surface area contributed by atoms with Crippen LogP contribution in [0.3, 0.4) is 0 Å². The van der Waals surface area contributed by atoms with Gasteiger partial charge >= 0.3 is 0 Å². The van der Waals surface area contributed by atoms with Gasteiger partial charge in [-0.3, -0.25) is 0 Å². The Labute approximate surface area is 62.3 Å². The summed E-state index contributed by atoms with van der Waals surface area (Å²) in [5.74, 6) is 0. The molecule has 1 aliphatic rings. The maximum absolute atomic E-state index is 5.28. The summed E-state index contributed by atoms with van der Waals surface area (Å²) in [7, 11) is 3.74. The number of hydrogen-bond acceptors (Lipinski definition) is 2. The van der Waals surface area contributed by atoms with Crippen LogP contribution in [0.5, 0.6) is 0 Å². The van der Waals surface area contributed by atoms with Gasteiger partial charge in [0.1, 0.15) is 0 Å². The molecular formula is C8H15NO. The summed E-state index contributed by atoms with van der Waals surface area (Å²) in [6.07, 6.45) is 7.04. The monoisotopic (exact) mass is 141 g/mol. The molecule has 0 spiro atoms. The van der Waals surface area contributed by atoms with E-state index in [-0.39, 0.29) is 0 Å². The summed E-state index contributed by atoms with van der Waals surface area (Å²) in [4.78, 5) is 0. The van der Waals surface area contributed by atoms with Gasteiger partial charge in [0.2, 0.25) is 0 Å². The third-order valence-corrected chi connectivity index (χ3v) is 2.00. The lowest BCUT2D eigenvalue weighted by Gasteiger charge is -2.25. The van der Waals surface area contributed by atoms with E-state index in [1.54, 1.807) is 7.11 Å². The highest BCUT2D eigenvalue weighted by Crippen LogP contribution is 2.13. The quantitative estimate of drug-likeness (QED) is 0.578. The highest BCUT2D eigenvalue weighted by Gasteiger charge is 2.18. The number of ether oxygens (including phenoxy) is 1. The minimum Gasteiger partial charge on any atom is -0.379 e. The number of rotatable bonds is 2. The molecule has 1 rings (SSSR count). The lowest BCUT2D eigenvalue weighted by molar-refractivity contribution is 0.0741. The molecule has 0 aromatic carbocycles. The molecule has 0 fully saturated rings. The first kappa shape index (κ1) is 7.76. The Bertz CT molecular complexity index is 122. The third-order valence-electron chi connectivity index (χ3n) is 2.00. The summed E-state index contributed by atoms with van der Waals surface area (Å²) < 4.78 is 5.28. The van der Waals surface area contributed by atoms with Crippen LogP contribution in [0.2, 0.25) is 0 Å². The van der Waals surface area contributed by atoms with Gasteiger partial charge in [0.05, 0.1) is 12.1 Å². The molecule has 10 heavy (non-hydrogen) atoms. The molecule has 2 heteroatoms. The van der Waals surface area contributed by atoms with E-state index in [0.717, 1.165) is 12.8 Å². The van der Waals surface area contributed by atoms with Crippen molar-refractivity contribution in [2.45, 2.75) is 25.0 Å². The van der Waals surface area contributed by atoms with Crippen LogP contribution in [-0.2, 0) is 4.74 Å². The normalized spacial score (nSPS) is 32.6. The number of hydrogen-bond donors (Lipinski definition) is 1. The van der Waals surface area contributed by atoms with Crippen molar-refractivity contribution < 1.29 is 4.74 Å². The molecule has 0 aromatic rings. The van der Waals surface area contributed by atoms with Gasteiger partial charge in [-0.25, -0.2) is 0 Å². The van der Waals surface area contributed by atoms with Gasteiger partial charge in [0.15, 0.2) is 0 Å². The first-order valence-electron chi connectivity index (χ1n) is 3.75. The average Bonchev–Trinajstić information content (AvgIpc) is 2.04.